The van der Waals surface area contributed by atoms with E-state index in [1.807, 2.05) is 48.3 Å². The van der Waals surface area contributed by atoms with Crippen LogP contribution in [-0.2, 0) is 11.3 Å². The first-order valence-corrected chi connectivity index (χ1v) is 16.1. The van der Waals surface area contributed by atoms with Gasteiger partial charge in [-0.05, 0) is 54.6 Å². The van der Waals surface area contributed by atoms with E-state index in [1.165, 1.54) is 42.4 Å². The van der Waals surface area contributed by atoms with E-state index in [1.54, 1.807) is 25.1 Å². The second kappa shape index (κ2) is 15.4. The molecule has 0 radical (unpaired) electrons. The Bertz CT molecular complexity index is 2090. The van der Waals surface area contributed by atoms with Crippen LogP contribution < -0.4 is 14.2 Å². The Morgan fingerprint density at radius 3 is 2.46 bits per heavy atom. The smallest absolute Gasteiger partial charge is 0.341 e. The molecule has 252 valence electrons. The van der Waals surface area contributed by atoms with Crippen LogP contribution >= 0.6 is 11.8 Å². The predicted octanol–water partition coefficient (Wildman–Crippen LogP) is 7.20. The quantitative estimate of drug-likeness (QED) is 0.0970. The van der Waals surface area contributed by atoms with Crippen molar-refractivity contribution in [3.05, 3.63) is 119 Å². The van der Waals surface area contributed by atoms with Gasteiger partial charge >= 0.3 is 5.97 Å². The standard InChI is InChI=1S/C36H28F2N6O5S/c1-3-46-35(45)24-18-42-36(43-19-24)50-25-10-12-28(26(16-25)33-40-13-14-44(33)2)48-32-27(37)20-41-34(31(32)38)49-30-15-23(17-39)9-11-29(30)47-21-22-7-5-4-6-8-22/h4-12,15-16,18-20H,3,13-14,21H2,1-2H3. The van der Waals surface area contributed by atoms with Crippen LogP contribution in [0.1, 0.15) is 34.0 Å². The number of benzene rings is 3. The SMILES string of the molecule is CCOC(=O)c1cnc(Sc2ccc(Oc3c(F)cnc(Oc4cc(C#N)ccc4OCc4ccccc4)c3F)c(C3=NCCN3C)c2)nc1. The van der Waals surface area contributed by atoms with Gasteiger partial charge < -0.3 is 23.8 Å². The minimum Gasteiger partial charge on any atom is -0.485 e. The monoisotopic (exact) mass is 694 g/mol. The zero-order valence-electron chi connectivity index (χ0n) is 26.8. The van der Waals surface area contributed by atoms with Gasteiger partial charge in [0, 0.05) is 36.9 Å². The minimum atomic E-state index is -1.21. The van der Waals surface area contributed by atoms with Crippen molar-refractivity contribution in [3.63, 3.8) is 0 Å². The lowest BCUT2D eigenvalue weighted by Crippen LogP contribution is -2.24. The Labute approximate surface area is 290 Å². The van der Waals surface area contributed by atoms with Crippen LogP contribution in [0.3, 0.4) is 0 Å². The van der Waals surface area contributed by atoms with E-state index in [2.05, 4.69) is 19.9 Å². The normalized spacial score (nSPS) is 12.2. The molecule has 3 heterocycles. The number of rotatable bonds is 12. The molecular formula is C36H28F2N6O5S. The zero-order valence-corrected chi connectivity index (χ0v) is 27.6. The van der Waals surface area contributed by atoms with Crippen molar-refractivity contribution >= 4 is 23.6 Å². The minimum absolute atomic E-state index is 0.00505. The van der Waals surface area contributed by atoms with E-state index in [-0.39, 0.29) is 41.6 Å². The summed E-state index contributed by atoms with van der Waals surface area (Å²) in [5, 5.41) is 9.83. The Morgan fingerprint density at radius 2 is 1.74 bits per heavy atom. The maximum absolute atomic E-state index is 16.0. The Morgan fingerprint density at radius 1 is 0.960 bits per heavy atom. The molecule has 0 spiro atoms. The first-order chi connectivity index (χ1) is 24.3. The molecule has 0 fully saturated rings. The van der Waals surface area contributed by atoms with Gasteiger partial charge in [0.25, 0.3) is 5.88 Å². The number of esters is 1. The number of pyridine rings is 1. The summed E-state index contributed by atoms with van der Waals surface area (Å²) in [6.07, 6.45) is 3.54. The van der Waals surface area contributed by atoms with Crippen LogP contribution in [0.15, 0.2) is 100 Å². The fraction of sp³-hybridized carbons (Fsp3) is 0.167. The van der Waals surface area contributed by atoms with Crippen molar-refractivity contribution in [2.75, 3.05) is 26.7 Å². The topological polar surface area (TPSA) is 132 Å². The van der Waals surface area contributed by atoms with Gasteiger partial charge in [-0.1, -0.05) is 30.3 Å². The van der Waals surface area contributed by atoms with Crippen LogP contribution in [0.25, 0.3) is 0 Å². The van der Waals surface area contributed by atoms with E-state index in [9.17, 15) is 10.1 Å². The molecule has 0 amide bonds. The van der Waals surface area contributed by atoms with Gasteiger partial charge in [-0.25, -0.2) is 24.1 Å². The average Bonchev–Trinajstić information content (AvgIpc) is 3.57. The number of carbonyl (C=O) groups is 1. The van der Waals surface area contributed by atoms with E-state index in [0.29, 0.717) is 34.5 Å². The van der Waals surface area contributed by atoms with Gasteiger partial charge in [-0.3, -0.25) is 4.99 Å². The average molecular weight is 695 g/mol. The third-order valence-electron chi connectivity index (χ3n) is 7.23. The molecule has 50 heavy (non-hydrogen) atoms. The number of amidine groups is 1. The first-order valence-electron chi connectivity index (χ1n) is 15.3. The van der Waals surface area contributed by atoms with Gasteiger partial charge in [-0.15, -0.1) is 0 Å². The Kier molecular flexibility index (Phi) is 10.4. The summed E-state index contributed by atoms with van der Waals surface area (Å²) in [6.45, 7) is 3.27. The highest BCUT2D eigenvalue weighted by Gasteiger charge is 2.25. The zero-order chi connectivity index (χ0) is 35.0. The van der Waals surface area contributed by atoms with Gasteiger partial charge in [0.15, 0.2) is 22.5 Å². The molecule has 14 heteroatoms. The molecule has 0 N–H and O–H groups in total. The van der Waals surface area contributed by atoms with Crippen molar-refractivity contribution < 1.29 is 32.5 Å². The van der Waals surface area contributed by atoms with Crippen LogP contribution in [0.2, 0.25) is 0 Å². The van der Waals surface area contributed by atoms with E-state index < -0.39 is 29.2 Å². The van der Waals surface area contributed by atoms with E-state index in [0.717, 1.165) is 11.8 Å². The molecule has 5 aromatic rings. The molecule has 6 rings (SSSR count). The first kappa shape index (κ1) is 33.8. The summed E-state index contributed by atoms with van der Waals surface area (Å²) in [5.74, 6) is -3.23. The lowest BCUT2D eigenvalue weighted by molar-refractivity contribution is 0.0525. The van der Waals surface area contributed by atoms with Crippen LogP contribution in [-0.4, -0.2) is 58.4 Å². The summed E-state index contributed by atoms with van der Waals surface area (Å²) in [6, 6.07) is 20.8. The van der Waals surface area contributed by atoms with Gasteiger partial charge in [0.05, 0.1) is 42.1 Å². The number of hydrogen-bond acceptors (Lipinski definition) is 12. The van der Waals surface area contributed by atoms with Gasteiger partial charge in [-0.2, -0.15) is 9.65 Å². The Balaban J connectivity index is 1.28. The lowest BCUT2D eigenvalue weighted by Gasteiger charge is -2.19. The van der Waals surface area contributed by atoms with Gasteiger partial charge in [0.2, 0.25) is 11.6 Å². The fourth-order valence-corrected chi connectivity index (χ4v) is 5.51. The summed E-state index contributed by atoms with van der Waals surface area (Å²) in [7, 11) is 1.85. The maximum Gasteiger partial charge on any atom is 0.341 e. The third-order valence-corrected chi connectivity index (χ3v) is 8.11. The molecule has 0 saturated carbocycles. The van der Waals surface area contributed by atoms with Crippen LogP contribution in [0.5, 0.6) is 28.9 Å². The largest absolute Gasteiger partial charge is 0.485 e. The Hall–Kier alpha value is -6.07. The van der Waals surface area contributed by atoms with Crippen molar-refractivity contribution in [3.8, 4) is 34.9 Å². The third kappa shape index (κ3) is 7.79. The molecule has 0 unspecified atom stereocenters. The number of nitriles is 1. The molecule has 0 aliphatic carbocycles. The van der Waals surface area contributed by atoms with Crippen molar-refractivity contribution in [1.82, 2.24) is 19.9 Å². The van der Waals surface area contributed by atoms with Gasteiger partial charge in [0.1, 0.15) is 18.2 Å². The molecule has 0 saturated heterocycles. The number of aromatic nitrogens is 3. The number of ether oxygens (including phenoxy) is 4. The van der Waals surface area contributed by atoms with Crippen molar-refractivity contribution in [1.29, 1.82) is 5.26 Å². The second-order valence-electron chi connectivity index (χ2n) is 10.7. The number of likely N-dealkylation sites (N-methyl/N-ethyl adjacent to an activating group) is 1. The van der Waals surface area contributed by atoms with Crippen molar-refractivity contribution in [2.24, 2.45) is 4.99 Å². The number of nitrogens with zero attached hydrogens (tertiary/aromatic N) is 6. The predicted molar refractivity (Wildman–Crippen MR) is 179 cm³/mol. The molecule has 0 atom stereocenters. The lowest BCUT2D eigenvalue weighted by atomic mass is 10.1. The highest BCUT2D eigenvalue weighted by atomic mass is 32.2. The summed E-state index contributed by atoms with van der Waals surface area (Å²) in [5.41, 5.74) is 1.80. The summed E-state index contributed by atoms with van der Waals surface area (Å²) < 4.78 is 53.8. The molecule has 1 aliphatic rings. The number of halogens is 2. The van der Waals surface area contributed by atoms with E-state index in [4.69, 9.17) is 18.9 Å². The maximum atomic E-state index is 16.0. The summed E-state index contributed by atoms with van der Waals surface area (Å²) in [4.78, 5) is 31.5. The van der Waals surface area contributed by atoms with Crippen LogP contribution in [0.4, 0.5) is 8.78 Å². The van der Waals surface area contributed by atoms with Crippen LogP contribution in [0, 0.1) is 23.0 Å². The molecule has 1 aliphatic heterocycles. The number of hydrogen-bond donors (Lipinski definition) is 0. The molecule has 0 bridgehead atoms. The molecule has 2 aromatic heterocycles. The second-order valence-corrected chi connectivity index (χ2v) is 11.7. The number of carbonyl (C=O) groups excluding carboxylic acids is 1. The number of aliphatic imine (C=N–C) groups is 1. The fourth-order valence-electron chi connectivity index (χ4n) is 4.78. The highest BCUT2D eigenvalue weighted by molar-refractivity contribution is 7.99. The molecule has 3 aromatic carbocycles. The molecule has 11 nitrogen and oxygen atoms in total. The van der Waals surface area contributed by atoms with E-state index >= 15 is 8.78 Å². The highest BCUT2D eigenvalue weighted by Crippen LogP contribution is 2.39. The van der Waals surface area contributed by atoms with Crippen molar-refractivity contribution in [2.45, 2.75) is 23.6 Å². The molecular weight excluding hydrogens is 666 g/mol. The summed E-state index contributed by atoms with van der Waals surface area (Å²) >= 11 is 1.21.